The third kappa shape index (κ3) is 151. The number of hydrogen-bond donors (Lipinski definition) is 4. The van der Waals surface area contributed by atoms with E-state index in [2.05, 4.69) is 0 Å². The van der Waals surface area contributed by atoms with E-state index < -0.39 is 0 Å². The molecule has 0 atom stereocenters. The molecule has 7 heteroatoms. The van der Waals surface area contributed by atoms with Gasteiger partial charge in [-0.15, -0.1) is 0 Å². The molecule has 0 amide bonds. The Bertz CT molecular complexity index is 9.65. The Kier molecular flexibility index (Phi) is 10300. The van der Waals surface area contributed by atoms with Gasteiger partial charge >= 0.3 is 21.1 Å². The Balaban J connectivity index is 0. The van der Waals surface area contributed by atoms with Crippen LogP contribution < -0.4 is 49.4 Å². The fraction of sp³-hybridized carbons (Fsp3) is 0. The van der Waals surface area contributed by atoms with Gasteiger partial charge in [0, 0.05) is 0 Å². The van der Waals surface area contributed by atoms with Crippen LogP contribution >= 0.6 is 0 Å². The third-order valence-electron chi connectivity index (χ3n) is 0. The van der Waals surface area contributed by atoms with Gasteiger partial charge in [-0.3, -0.25) is 0 Å². The van der Waals surface area contributed by atoms with Crippen molar-refractivity contribution in [3.05, 3.63) is 0 Å². The van der Waals surface area contributed by atoms with E-state index in [0.29, 0.717) is 0 Å². The Morgan fingerprint density at radius 1 is 0.429 bits per heavy atom. The molecule has 0 saturated heterocycles. The molecule has 7 heavy (non-hydrogen) atoms. The zero-order valence-corrected chi connectivity index (χ0v) is 7.68. The van der Waals surface area contributed by atoms with Crippen LogP contribution in [0, 0.1) is 0 Å². The summed E-state index contributed by atoms with van der Waals surface area (Å²) in [5.41, 5.74) is 0. The molecule has 0 aromatic carbocycles. The topological polar surface area (TPSA) is 140 Å². The first-order valence-electron chi connectivity index (χ1n) is 0. The van der Waals surface area contributed by atoms with E-state index in [9.17, 15) is 0 Å². The summed E-state index contributed by atoms with van der Waals surface area (Å²) in [6.45, 7) is 0. The van der Waals surface area contributed by atoms with Gasteiger partial charge in [0.2, 0.25) is 0 Å². The molecule has 0 rings (SSSR count). The second kappa shape index (κ2) is 216. The van der Waals surface area contributed by atoms with Crippen LogP contribution in [-0.4, -0.2) is 0 Å². The van der Waals surface area contributed by atoms with E-state index in [-0.39, 0.29) is 70.5 Å². The molecule has 0 bridgehead atoms. The molecule has 0 aliphatic rings. The molecular weight excluding hydrogens is 322 g/mol. The number of halogens is 2. The minimum Gasteiger partial charge on any atom is -1.00 e. The quantitative estimate of drug-likeness (QED) is 0.351. The Labute approximate surface area is 70.6 Å². The van der Waals surface area contributed by atoms with E-state index >= 15 is 0 Å². The van der Waals surface area contributed by atoms with Crippen LogP contribution in [0.5, 0.6) is 0 Å². The van der Waals surface area contributed by atoms with Crippen molar-refractivity contribution in [2.24, 2.45) is 0 Å². The molecule has 0 fully saturated rings. The van der Waals surface area contributed by atoms with Gasteiger partial charge in [-0.2, -0.15) is 0 Å². The predicted octanol–water partition coefficient (Wildman–Crippen LogP) is -5.35. The number of rotatable bonds is 0. The average Bonchev–Trinajstić information content (AvgIpc) is 0. The van der Waals surface area contributed by atoms with Crippen LogP contribution in [0.2, 0.25) is 0 Å². The second-order valence-corrected chi connectivity index (χ2v) is 0. The summed E-state index contributed by atoms with van der Waals surface area (Å²) in [6, 6.07) is 0. The normalized spacial score (nSPS) is 0. The molecule has 0 aliphatic heterocycles. The largest absolute Gasteiger partial charge is 4.00 e. The fourth-order valence-electron chi connectivity index (χ4n) is 0. The van der Waals surface area contributed by atoms with E-state index in [1.807, 2.05) is 0 Å². The molecule has 12 N–H and O–H groups in total. The molecule has 0 unspecified atom stereocenters. The fourth-order valence-corrected chi connectivity index (χ4v) is 0. The first-order chi connectivity index (χ1) is 0. The zero-order chi connectivity index (χ0) is 0. The van der Waals surface area contributed by atoms with Crippen molar-refractivity contribution in [3.8, 4) is 0 Å². The first kappa shape index (κ1) is 334. The molecule has 0 aromatic rings. The van der Waals surface area contributed by atoms with Gasteiger partial charge in [0.15, 0.2) is 0 Å². The Morgan fingerprint density at radius 2 is 0.429 bits per heavy atom. The molecule has 0 aliphatic carbocycles. The van der Waals surface area contributed by atoms with Crippen LogP contribution in [0.15, 0.2) is 0 Å². The molecule has 0 spiro atoms. The summed E-state index contributed by atoms with van der Waals surface area (Å²) in [6.07, 6.45) is 0. The zero-order valence-electron chi connectivity index (χ0n) is 3.90. The Morgan fingerprint density at radius 3 is 0.429 bits per heavy atom. The van der Waals surface area contributed by atoms with Crippen LogP contribution in [0.3, 0.4) is 0 Å². The molecular formula is H12Cl2N4Pt+2. The van der Waals surface area contributed by atoms with Crippen molar-refractivity contribution in [1.82, 2.24) is 24.6 Å². The number of hydrogen-bond acceptors (Lipinski definition) is 4. The SMILES string of the molecule is N.N.N.N.[Cl-].[Cl-].[Pt+4]. The van der Waals surface area contributed by atoms with Gasteiger partial charge in [0.25, 0.3) is 0 Å². The molecule has 0 heterocycles. The van der Waals surface area contributed by atoms with Gasteiger partial charge in [0.1, 0.15) is 0 Å². The maximum atomic E-state index is 0. The monoisotopic (exact) mass is 333 g/mol. The summed E-state index contributed by atoms with van der Waals surface area (Å²) >= 11 is 0. The average molecular weight is 334 g/mol. The standard InChI is InChI=1S/2ClH.4H3N.Pt/h2*1H;4*1H3;/q;;;;;;+4/p-2. The maximum Gasteiger partial charge on any atom is 4.00 e. The van der Waals surface area contributed by atoms with Crippen LogP contribution in [-0.2, 0) is 21.1 Å². The molecule has 0 radical (unpaired) electrons. The van der Waals surface area contributed by atoms with Gasteiger partial charge in [-0.25, -0.2) is 0 Å². The summed E-state index contributed by atoms with van der Waals surface area (Å²) in [5.74, 6) is 0. The maximum absolute atomic E-state index is 0. The summed E-state index contributed by atoms with van der Waals surface area (Å²) in [7, 11) is 0. The Hall–Kier alpha value is 1.11. The van der Waals surface area contributed by atoms with E-state index in [1.54, 1.807) is 0 Å². The molecule has 54 valence electrons. The minimum absolute atomic E-state index is 0. The predicted molar refractivity (Wildman–Crippen MR) is 20.1 cm³/mol. The van der Waals surface area contributed by atoms with E-state index in [1.165, 1.54) is 0 Å². The van der Waals surface area contributed by atoms with Crippen molar-refractivity contribution < 1.29 is 45.9 Å². The summed E-state index contributed by atoms with van der Waals surface area (Å²) in [5, 5.41) is 0. The molecule has 0 aromatic heterocycles. The van der Waals surface area contributed by atoms with E-state index in [4.69, 9.17) is 0 Å². The smallest absolute Gasteiger partial charge is 1.00 e. The van der Waals surface area contributed by atoms with Crippen LogP contribution in [0.25, 0.3) is 0 Å². The van der Waals surface area contributed by atoms with Crippen LogP contribution in [0.1, 0.15) is 0 Å². The van der Waals surface area contributed by atoms with Crippen molar-refractivity contribution in [3.63, 3.8) is 0 Å². The third-order valence-corrected chi connectivity index (χ3v) is 0. The summed E-state index contributed by atoms with van der Waals surface area (Å²) < 4.78 is 0. The van der Waals surface area contributed by atoms with Crippen molar-refractivity contribution in [1.29, 1.82) is 0 Å². The van der Waals surface area contributed by atoms with Gasteiger partial charge in [-0.05, 0) is 0 Å². The van der Waals surface area contributed by atoms with Crippen LogP contribution in [0.4, 0.5) is 0 Å². The van der Waals surface area contributed by atoms with E-state index in [0.717, 1.165) is 0 Å². The second-order valence-electron chi connectivity index (χ2n) is 0. The molecule has 4 nitrogen and oxygen atoms in total. The molecule has 0 saturated carbocycles. The van der Waals surface area contributed by atoms with Gasteiger partial charge in [-0.1, -0.05) is 0 Å². The van der Waals surface area contributed by atoms with Crippen molar-refractivity contribution >= 4 is 0 Å². The van der Waals surface area contributed by atoms with Gasteiger partial charge < -0.3 is 49.4 Å². The van der Waals surface area contributed by atoms with Crippen molar-refractivity contribution in [2.45, 2.75) is 0 Å². The first-order valence-corrected chi connectivity index (χ1v) is 0. The van der Waals surface area contributed by atoms with Gasteiger partial charge in [0.05, 0.1) is 0 Å². The van der Waals surface area contributed by atoms with Crippen molar-refractivity contribution in [2.75, 3.05) is 0 Å². The minimum atomic E-state index is 0. The summed E-state index contributed by atoms with van der Waals surface area (Å²) in [4.78, 5) is 0.